The van der Waals surface area contributed by atoms with Gasteiger partial charge in [-0.25, -0.2) is 0 Å². The zero-order valence-corrected chi connectivity index (χ0v) is 12.9. The molecule has 2 aromatic carbocycles. The predicted molar refractivity (Wildman–Crippen MR) is 87.9 cm³/mol. The van der Waals surface area contributed by atoms with E-state index in [2.05, 4.69) is 12.1 Å². The molecule has 2 rings (SSSR count). The van der Waals surface area contributed by atoms with E-state index in [-0.39, 0.29) is 6.04 Å². The Morgan fingerprint density at radius 1 is 1.19 bits per heavy atom. The molecule has 0 spiro atoms. The van der Waals surface area contributed by atoms with Gasteiger partial charge in [0, 0.05) is 35.2 Å². The lowest BCUT2D eigenvalue weighted by Crippen LogP contribution is -2.22. The second-order valence-electron chi connectivity index (χ2n) is 4.92. The largest absolute Gasteiger partial charge is 0.493 e. The Labute approximate surface area is 130 Å². The normalized spacial score (nSPS) is 12.2. The maximum Gasteiger partial charge on any atom is 0.127 e. The Bertz CT molecular complexity index is 587. The van der Waals surface area contributed by atoms with Crippen LogP contribution in [0.4, 0.5) is 0 Å². The van der Waals surface area contributed by atoms with E-state index in [1.807, 2.05) is 37.3 Å². The first-order chi connectivity index (χ1) is 10.2. The summed E-state index contributed by atoms with van der Waals surface area (Å²) in [6, 6.07) is 13.7. The van der Waals surface area contributed by atoms with E-state index in [0.29, 0.717) is 18.2 Å². The van der Waals surface area contributed by atoms with Crippen LogP contribution < -0.4 is 16.2 Å². The number of nitrogens with two attached hydrogens (primary N) is 2. The average molecular weight is 305 g/mol. The second kappa shape index (κ2) is 7.46. The summed E-state index contributed by atoms with van der Waals surface area (Å²) in [5.41, 5.74) is 14.9. The maximum absolute atomic E-state index is 6.24. The van der Waals surface area contributed by atoms with Crippen molar-refractivity contribution in [2.75, 3.05) is 13.2 Å². The summed E-state index contributed by atoms with van der Waals surface area (Å²) < 4.78 is 5.82. The molecule has 0 bridgehead atoms. The third-order valence-electron chi connectivity index (χ3n) is 3.34. The molecule has 0 heterocycles. The van der Waals surface area contributed by atoms with Crippen LogP contribution in [-0.4, -0.2) is 13.2 Å². The van der Waals surface area contributed by atoms with Gasteiger partial charge in [-0.15, -0.1) is 0 Å². The lowest BCUT2D eigenvalue weighted by atomic mass is 9.98. The first kappa shape index (κ1) is 15.8. The zero-order valence-electron chi connectivity index (χ0n) is 12.2. The highest BCUT2D eigenvalue weighted by molar-refractivity contribution is 6.30. The van der Waals surface area contributed by atoms with Crippen molar-refractivity contribution in [3.05, 3.63) is 64.2 Å². The lowest BCUT2D eigenvalue weighted by Gasteiger charge is -2.19. The quantitative estimate of drug-likeness (QED) is 0.861. The van der Waals surface area contributed by atoms with E-state index in [1.54, 1.807) is 0 Å². The Morgan fingerprint density at radius 2 is 1.90 bits per heavy atom. The zero-order chi connectivity index (χ0) is 15.2. The SMILES string of the molecule is CCOc1c(Cc2ccccc2)cc(Cl)cc1C(N)CN. The minimum Gasteiger partial charge on any atom is -0.493 e. The molecular weight excluding hydrogens is 284 g/mol. The molecule has 0 aliphatic rings. The predicted octanol–water partition coefficient (Wildman–Crippen LogP) is 3.29. The first-order valence-electron chi connectivity index (χ1n) is 7.10. The molecule has 0 fully saturated rings. The molecular formula is C17H21ClN2O. The van der Waals surface area contributed by atoms with Crippen LogP contribution >= 0.6 is 11.6 Å². The Kier molecular flexibility index (Phi) is 5.62. The van der Waals surface area contributed by atoms with Crippen molar-refractivity contribution in [1.82, 2.24) is 0 Å². The summed E-state index contributed by atoms with van der Waals surface area (Å²) in [4.78, 5) is 0. The molecule has 1 atom stereocenters. The van der Waals surface area contributed by atoms with E-state index < -0.39 is 0 Å². The molecule has 112 valence electrons. The fourth-order valence-corrected chi connectivity index (χ4v) is 2.59. The molecule has 0 saturated heterocycles. The standard InChI is InChI=1S/C17H21ClN2O/c1-2-21-17-13(8-12-6-4-3-5-7-12)9-14(18)10-15(17)16(20)11-19/h3-7,9-10,16H,2,8,11,19-20H2,1H3. The fourth-order valence-electron chi connectivity index (χ4n) is 2.34. The number of hydrogen-bond donors (Lipinski definition) is 2. The summed E-state index contributed by atoms with van der Waals surface area (Å²) in [5, 5.41) is 0.656. The van der Waals surface area contributed by atoms with Crippen molar-refractivity contribution in [3.63, 3.8) is 0 Å². The Balaban J connectivity index is 2.45. The minimum atomic E-state index is -0.278. The maximum atomic E-state index is 6.24. The van der Waals surface area contributed by atoms with Gasteiger partial charge in [-0.05, 0) is 24.6 Å². The van der Waals surface area contributed by atoms with Crippen molar-refractivity contribution >= 4 is 11.6 Å². The minimum absolute atomic E-state index is 0.278. The van der Waals surface area contributed by atoms with Crippen LogP contribution in [0.1, 0.15) is 29.7 Å². The Hall–Kier alpha value is -1.55. The van der Waals surface area contributed by atoms with Gasteiger partial charge in [-0.1, -0.05) is 41.9 Å². The van der Waals surface area contributed by atoms with Gasteiger partial charge >= 0.3 is 0 Å². The highest BCUT2D eigenvalue weighted by Crippen LogP contribution is 2.33. The highest BCUT2D eigenvalue weighted by atomic mass is 35.5. The van der Waals surface area contributed by atoms with Crippen LogP contribution in [0, 0.1) is 0 Å². The Morgan fingerprint density at radius 3 is 2.52 bits per heavy atom. The fraction of sp³-hybridized carbons (Fsp3) is 0.294. The van der Waals surface area contributed by atoms with E-state index in [9.17, 15) is 0 Å². The van der Waals surface area contributed by atoms with E-state index >= 15 is 0 Å². The molecule has 0 radical (unpaired) electrons. The van der Waals surface area contributed by atoms with Crippen molar-refractivity contribution in [2.24, 2.45) is 11.5 Å². The number of benzene rings is 2. The van der Waals surface area contributed by atoms with Crippen LogP contribution in [-0.2, 0) is 6.42 Å². The van der Waals surface area contributed by atoms with E-state index in [4.69, 9.17) is 27.8 Å². The molecule has 1 unspecified atom stereocenters. The monoisotopic (exact) mass is 304 g/mol. The summed E-state index contributed by atoms with van der Waals surface area (Å²) >= 11 is 6.24. The van der Waals surface area contributed by atoms with Crippen molar-refractivity contribution in [1.29, 1.82) is 0 Å². The van der Waals surface area contributed by atoms with Crippen LogP contribution in [0.5, 0.6) is 5.75 Å². The van der Waals surface area contributed by atoms with Gasteiger partial charge in [0.25, 0.3) is 0 Å². The van der Waals surface area contributed by atoms with Gasteiger partial charge < -0.3 is 16.2 Å². The molecule has 3 nitrogen and oxygen atoms in total. The highest BCUT2D eigenvalue weighted by Gasteiger charge is 2.16. The summed E-state index contributed by atoms with van der Waals surface area (Å²) in [6.07, 6.45) is 0.751. The number of rotatable bonds is 6. The third kappa shape index (κ3) is 3.97. The molecule has 0 amide bonds. The van der Waals surface area contributed by atoms with Crippen LogP contribution in [0.15, 0.2) is 42.5 Å². The number of ether oxygens (including phenoxy) is 1. The molecule has 4 N–H and O–H groups in total. The van der Waals surface area contributed by atoms with Crippen LogP contribution in [0.2, 0.25) is 5.02 Å². The van der Waals surface area contributed by atoms with E-state index in [0.717, 1.165) is 23.3 Å². The number of hydrogen-bond acceptors (Lipinski definition) is 3. The molecule has 0 aliphatic carbocycles. The van der Waals surface area contributed by atoms with Crippen LogP contribution in [0.3, 0.4) is 0 Å². The van der Waals surface area contributed by atoms with E-state index in [1.165, 1.54) is 5.56 Å². The van der Waals surface area contributed by atoms with Crippen LogP contribution in [0.25, 0.3) is 0 Å². The van der Waals surface area contributed by atoms with Gasteiger partial charge in [0.2, 0.25) is 0 Å². The number of halogens is 1. The van der Waals surface area contributed by atoms with Gasteiger partial charge in [0.15, 0.2) is 0 Å². The molecule has 0 saturated carbocycles. The molecule has 4 heteroatoms. The van der Waals surface area contributed by atoms with Crippen molar-refractivity contribution in [3.8, 4) is 5.75 Å². The van der Waals surface area contributed by atoms with Gasteiger partial charge in [-0.2, -0.15) is 0 Å². The van der Waals surface area contributed by atoms with Crippen molar-refractivity contribution < 1.29 is 4.74 Å². The summed E-state index contributed by atoms with van der Waals surface area (Å²) in [5.74, 6) is 0.809. The first-order valence-corrected chi connectivity index (χ1v) is 7.48. The second-order valence-corrected chi connectivity index (χ2v) is 5.36. The lowest BCUT2D eigenvalue weighted by molar-refractivity contribution is 0.331. The molecule has 21 heavy (non-hydrogen) atoms. The average Bonchev–Trinajstić information content (AvgIpc) is 2.50. The van der Waals surface area contributed by atoms with Crippen molar-refractivity contribution in [2.45, 2.75) is 19.4 Å². The summed E-state index contributed by atoms with van der Waals surface area (Å²) in [6.45, 7) is 2.89. The van der Waals surface area contributed by atoms with Gasteiger partial charge in [0.05, 0.1) is 6.61 Å². The third-order valence-corrected chi connectivity index (χ3v) is 3.56. The topological polar surface area (TPSA) is 61.3 Å². The summed E-state index contributed by atoms with van der Waals surface area (Å²) in [7, 11) is 0. The molecule has 2 aromatic rings. The molecule has 0 aliphatic heterocycles. The van der Waals surface area contributed by atoms with Gasteiger partial charge in [0.1, 0.15) is 5.75 Å². The molecule has 0 aromatic heterocycles. The smallest absolute Gasteiger partial charge is 0.127 e. The van der Waals surface area contributed by atoms with Gasteiger partial charge in [-0.3, -0.25) is 0 Å².